The van der Waals surface area contributed by atoms with Gasteiger partial charge in [-0.1, -0.05) is 30.3 Å². The average Bonchev–Trinajstić information content (AvgIpc) is 3.26. The zero-order valence-electron chi connectivity index (χ0n) is 17.0. The number of nitrogens with one attached hydrogen (secondary N) is 1. The molecular weight excluding hydrogens is 415 g/mol. The molecule has 1 saturated heterocycles. The lowest BCUT2D eigenvalue weighted by atomic mass is 10.2. The molecular formula is C23H23FN4O2S. The molecule has 1 aliphatic heterocycles. The van der Waals surface area contributed by atoms with Gasteiger partial charge >= 0.3 is 0 Å². The van der Waals surface area contributed by atoms with Crippen molar-refractivity contribution in [2.24, 2.45) is 0 Å². The minimum Gasteiger partial charge on any atom is -0.366 e. The van der Waals surface area contributed by atoms with Crippen molar-refractivity contribution < 1.29 is 14.0 Å². The van der Waals surface area contributed by atoms with E-state index in [9.17, 15) is 14.0 Å². The van der Waals surface area contributed by atoms with Crippen LogP contribution in [0.5, 0.6) is 0 Å². The van der Waals surface area contributed by atoms with E-state index in [0.717, 1.165) is 5.69 Å². The van der Waals surface area contributed by atoms with E-state index in [1.54, 1.807) is 24.3 Å². The molecule has 2 heterocycles. The fourth-order valence-corrected chi connectivity index (χ4v) is 4.28. The second-order valence-electron chi connectivity index (χ2n) is 7.28. The fourth-order valence-electron chi connectivity index (χ4n) is 3.54. The Morgan fingerprint density at radius 3 is 2.45 bits per heavy atom. The van der Waals surface area contributed by atoms with Gasteiger partial charge in [0.2, 0.25) is 5.91 Å². The largest absolute Gasteiger partial charge is 0.366 e. The minimum absolute atomic E-state index is 0.0658. The number of aryl methyl sites for hydroxylation is 1. The van der Waals surface area contributed by atoms with Crippen LogP contribution in [0.25, 0.3) is 0 Å². The number of aromatic nitrogens is 1. The van der Waals surface area contributed by atoms with Gasteiger partial charge in [0.05, 0.1) is 11.4 Å². The number of hydrogen-bond acceptors (Lipinski definition) is 5. The summed E-state index contributed by atoms with van der Waals surface area (Å²) in [6.07, 6.45) is 0.875. The summed E-state index contributed by atoms with van der Waals surface area (Å²) in [5.41, 5.74) is 1.94. The number of carbonyl (C=O) groups is 2. The minimum atomic E-state index is -0.235. The van der Waals surface area contributed by atoms with Gasteiger partial charge in [0.1, 0.15) is 5.82 Å². The van der Waals surface area contributed by atoms with Crippen molar-refractivity contribution in [1.29, 1.82) is 0 Å². The first-order valence-electron chi connectivity index (χ1n) is 10.2. The highest BCUT2D eigenvalue weighted by Crippen LogP contribution is 2.21. The van der Waals surface area contributed by atoms with Gasteiger partial charge in [-0.2, -0.15) is 0 Å². The van der Waals surface area contributed by atoms with Gasteiger partial charge in [-0.25, -0.2) is 9.37 Å². The van der Waals surface area contributed by atoms with E-state index in [0.29, 0.717) is 55.4 Å². The summed E-state index contributed by atoms with van der Waals surface area (Å²) in [7, 11) is 0. The summed E-state index contributed by atoms with van der Waals surface area (Å²) in [6, 6.07) is 15.7. The maximum atomic E-state index is 14.0. The Labute approximate surface area is 184 Å². The SMILES string of the molecule is O=C(Nc1nc(CCC(=O)N2CCN(c3ccccc3F)CC2)cs1)c1ccccc1. The van der Waals surface area contributed by atoms with Gasteiger partial charge in [-0.3, -0.25) is 14.9 Å². The molecule has 1 aliphatic rings. The van der Waals surface area contributed by atoms with Crippen LogP contribution >= 0.6 is 11.3 Å². The molecule has 6 nitrogen and oxygen atoms in total. The lowest BCUT2D eigenvalue weighted by Crippen LogP contribution is -2.49. The number of hydrogen-bond donors (Lipinski definition) is 1. The van der Waals surface area contributed by atoms with Gasteiger partial charge in [0.15, 0.2) is 5.13 Å². The number of anilines is 2. The third-order valence-electron chi connectivity index (χ3n) is 5.23. The van der Waals surface area contributed by atoms with Crippen LogP contribution in [0.2, 0.25) is 0 Å². The molecule has 0 radical (unpaired) electrons. The Kier molecular flexibility index (Phi) is 6.57. The van der Waals surface area contributed by atoms with E-state index < -0.39 is 0 Å². The molecule has 2 aromatic carbocycles. The molecule has 3 aromatic rings. The Bertz CT molecular complexity index is 1050. The van der Waals surface area contributed by atoms with Gasteiger partial charge in [0.25, 0.3) is 5.91 Å². The molecule has 4 rings (SSSR count). The Hall–Kier alpha value is -3.26. The Morgan fingerprint density at radius 2 is 1.71 bits per heavy atom. The highest BCUT2D eigenvalue weighted by atomic mass is 32.1. The van der Waals surface area contributed by atoms with Crippen molar-refractivity contribution >= 4 is 34.0 Å². The molecule has 0 saturated carbocycles. The van der Waals surface area contributed by atoms with Crippen LogP contribution in [0, 0.1) is 5.82 Å². The number of halogens is 1. The van der Waals surface area contributed by atoms with Crippen molar-refractivity contribution in [2.75, 3.05) is 36.4 Å². The van der Waals surface area contributed by atoms with Crippen LogP contribution in [0.1, 0.15) is 22.5 Å². The van der Waals surface area contributed by atoms with E-state index in [-0.39, 0.29) is 17.6 Å². The molecule has 0 bridgehead atoms. The van der Waals surface area contributed by atoms with Crippen LogP contribution in [0.3, 0.4) is 0 Å². The second-order valence-corrected chi connectivity index (χ2v) is 8.14. The third-order valence-corrected chi connectivity index (χ3v) is 6.04. The zero-order valence-corrected chi connectivity index (χ0v) is 17.8. The normalized spacial score (nSPS) is 13.8. The summed E-state index contributed by atoms with van der Waals surface area (Å²) in [5, 5.41) is 5.18. The van der Waals surface area contributed by atoms with Gasteiger partial charge in [-0.05, 0) is 30.7 Å². The van der Waals surface area contributed by atoms with Crippen molar-refractivity contribution in [3.8, 4) is 0 Å². The summed E-state index contributed by atoms with van der Waals surface area (Å²) in [5.74, 6) is -0.373. The summed E-state index contributed by atoms with van der Waals surface area (Å²) < 4.78 is 14.0. The first kappa shape index (κ1) is 21.0. The van der Waals surface area contributed by atoms with E-state index in [4.69, 9.17) is 0 Å². The number of carbonyl (C=O) groups excluding carboxylic acids is 2. The van der Waals surface area contributed by atoms with E-state index in [2.05, 4.69) is 10.3 Å². The van der Waals surface area contributed by atoms with E-state index >= 15 is 0 Å². The highest BCUT2D eigenvalue weighted by Gasteiger charge is 2.22. The quantitative estimate of drug-likeness (QED) is 0.636. The van der Waals surface area contributed by atoms with Gasteiger partial charge in [0, 0.05) is 43.5 Å². The first-order valence-corrected chi connectivity index (χ1v) is 11.1. The molecule has 0 spiro atoms. The number of piperazine rings is 1. The van der Waals surface area contributed by atoms with Crippen molar-refractivity contribution in [3.63, 3.8) is 0 Å². The monoisotopic (exact) mass is 438 g/mol. The topological polar surface area (TPSA) is 65.5 Å². The Balaban J connectivity index is 1.24. The number of para-hydroxylation sites is 1. The molecule has 1 N–H and O–H groups in total. The third kappa shape index (κ3) is 5.27. The van der Waals surface area contributed by atoms with Crippen molar-refractivity contribution in [2.45, 2.75) is 12.8 Å². The highest BCUT2D eigenvalue weighted by molar-refractivity contribution is 7.14. The van der Waals surface area contributed by atoms with Crippen LogP contribution in [-0.2, 0) is 11.2 Å². The predicted octanol–water partition coefficient (Wildman–Crippen LogP) is 3.82. The molecule has 8 heteroatoms. The number of thiazole rings is 1. The van der Waals surface area contributed by atoms with Crippen LogP contribution in [0.15, 0.2) is 60.0 Å². The van der Waals surface area contributed by atoms with Crippen molar-refractivity contribution in [3.05, 3.63) is 77.1 Å². The Morgan fingerprint density at radius 1 is 1.00 bits per heavy atom. The summed E-state index contributed by atoms with van der Waals surface area (Å²) >= 11 is 1.35. The molecule has 160 valence electrons. The lowest BCUT2D eigenvalue weighted by Gasteiger charge is -2.36. The smallest absolute Gasteiger partial charge is 0.257 e. The van der Waals surface area contributed by atoms with Crippen LogP contribution in [-0.4, -0.2) is 47.9 Å². The van der Waals surface area contributed by atoms with Gasteiger partial charge < -0.3 is 9.80 Å². The number of nitrogens with zero attached hydrogens (tertiary/aromatic N) is 3. The number of amides is 2. The number of benzene rings is 2. The van der Waals surface area contributed by atoms with Gasteiger partial charge in [-0.15, -0.1) is 11.3 Å². The molecule has 31 heavy (non-hydrogen) atoms. The molecule has 1 fully saturated rings. The average molecular weight is 439 g/mol. The van der Waals surface area contributed by atoms with E-state index in [1.807, 2.05) is 39.4 Å². The number of rotatable bonds is 6. The van der Waals surface area contributed by atoms with E-state index in [1.165, 1.54) is 17.4 Å². The maximum Gasteiger partial charge on any atom is 0.257 e. The summed E-state index contributed by atoms with van der Waals surface area (Å²) in [6.45, 7) is 2.36. The standard InChI is InChI=1S/C23H23FN4O2S/c24-19-8-4-5-9-20(19)27-12-14-28(15-13-27)21(29)11-10-18-16-31-23(25-18)26-22(30)17-6-2-1-3-7-17/h1-9,16H,10-15H2,(H,25,26,30). The summed E-state index contributed by atoms with van der Waals surface area (Å²) in [4.78, 5) is 33.0. The lowest BCUT2D eigenvalue weighted by molar-refractivity contribution is -0.131. The molecule has 2 amide bonds. The molecule has 0 aliphatic carbocycles. The second kappa shape index (κ2) is 9.70. The maximum absolute atomic E-state index is 14.0. The van der Waals surface area contributed by atoms with Crippen molar-refractivity contribution in [1.82, 2.24) is 9.88 Å². The fraction of sp³-hybridized carbons (Fsp3) is 0.261. The molecule has 0 atom stereocenters. The molecule has 1 aromatic heterocycles. The first-order chi connectivity index (χ1) is 15.1. The predicted molar refractivity (Wildman–Crippen MR) is 120 cm³/mol. The van der Waals surface area contributed by atoms with Crippen LogP contribution in [0.4, 0.5) is 15.2 Å². The molecule has 0 unspecified atom stereocenters. The zero-order chi connectivity index (χ0) is 21.6. The van der Waals surface area contributed by atoms with Crippen LogP contribution < -0.4 is 10.2 Å².